The molecule has 0 aliphatic heterocycles. The smallest absolute Gasteiger partial charge is 0.293 e. The molecule has 2 N–H and O–H groups in total. The summed E-state index contributed by atoms with van der Waals surface area (Å²) >= 11 is 5.20. The van der Waals surface area contributed by atoms with E-state index in [1.54, 1.807) is 30.3 Å². The molecule has 28 heavy (non-hydrogen) atoms. The number of anilines is 1. The van der Waals surface area contributed by atoms with Gasteiger partial charge in [0.15, 0.2) is 10.9 Å². The molecule has 0 bridgehead atoms. The van der Waals surface area contributed by atoms with Crippen LogP contribution in [0.25, 0.3) is 16.7 Å². The first-order valence-electron chi connectivity index (χ1n) is 8.29. The Hall–Kier alpha value is -3.59. The maximum absolute atomic E-state index is 13.1. The van der Waals surface area contributed by atoms with Gasteiger partial charge >= 0.3 is 0 Å². The van der Waals surface area contributed by atoms with Crippen LogP contribution in [0.15, 0.2) is 59.2 Å². The van der Waals surface area contributed by atoms with E-state index < -0.39 is 5.91 Å². The van der Waals surface area contributed by atoms with Gasteiger partial charge in [-0.2, -0.15) is 4.80 Å². The van der Waals surface area contributed by atoms with Gasteiger partial charge in [0.1, 0.15) is 16.9 Å². The third-order valence-electron chi connectivity index (χ3n) is 4.00. The van der Waals surface area contributed by atoms with Crippen molar-refractivity contribution >= 4 is 40.0 Å². The molecule has 0 aliphatic carbocycles. The van der Waals surface area contributed by atoms with Crippen LogP contribution in [0.3, 0.4) is 0 Å². The number of nitrogens with zero attached hydrogens (tertiary/aromatic N) is 3. The molecule has 2 aromatic heterocycles. The average Bonchev–Trinajstić information content (AvgIpc) is 3.32. The van der Waals surface area contributed by atoms with Crippen molar-refractivity contribution in [2.45, 2.75) is 6.92 Å². The van der Waals surface area contributed by atoms with Crippen molar-refractivity contribution in [1.29, 1.82) is 0 Å². The van der Waals surface area contributed by atoms with Gasteiger partial charge in [0.2, 0.25) is 0 Å². The van der Waals surface area contributed by atoms with Crippen LogP contribution in [0.5, 0.6) is 0 Å². The topological polar surface area (TPSA) is 85.0 Å². The monoisotopic (exact) mass is 395 g/mol. The Morgan fingerprint density at radius 1 is 1.14 bits per heavy atom. The number of rotatable bonds is 3. The van der Waals surface area contributed by atoms with Crippen molar-refractivity contribution in [3.8, 4) is 5.69 Å². The van der Waals surface area contributed by atoms with Gasteiger partial charge in [0, 0.05) is 5.69 Å². The Morgan fingerprint density at radius 3 is 2.54 bits per heavy atom. The number of carbonyl (C=O) groups excluding carboxylic acids is 1. The van der Waals surface area contributed by atoms with Gasteiger partial charge in [-0.25, -0.2) is 4.39 Å². The van der Waals surface area contributed by atoms with E-state index in [-0.39, 0.29) is 16.7 Å². The lowest BCUT2D eigenvalue weighted by atomic mass is 10.2. The predicted molar refractivity (Wildman–Crippen MR) is 106 cm³/mol. The molecule has 1 amide bonds. The van der Waals surface area contributed by atoms with Crippen LogP contribution in [0.4, 0.5) is 10.1 Å². The second kappa shape index (κ2) is 7.20. The number of aryl methyl sites for hydroxylation is 1. The van der Waals surface area contributed by atoms with E-state index in [1.807, 2.05) is 13.0 Å². The zero-order valence-corrected chi connectivity index (χ0v) is 15.5. The quantitative estimate of drug-likeness (QED) is 0.516. The molecule has 0 saturated heterocycles. The van der Waals surface area contributed by atoms with E-state index in [0.717, 1.165) is 5.56 Å². The molecule has 0 radical (unpaired) electrons. The third-order valence-corrected chi connectivity index (χ3v) is 4.21. The molecule has 0 unspecified atom stereocenters. The van der Waals surface area contributed by atoms with Crippen LogP contribution in [0, 0.1) is 12.7 Å². The minimum absolute atomic E-state index is 0.134. The highest BCUT2D eigenvalue weighted by atomic mass is 32.1. The van der Waals surface area contributed by atoms with Crippen LogP contribution in [-0.4, -0.2) is 26.0 Å². The number of hydrogen-bond donors (Lipinski definition) is 2. The predicted octanol–water partition coefficient (Wildman–Crippen LogP) is 3.59. The number of carbonyl (C=O) groups is 1. The van der Waals surface area contributed by atoms with Crippen molar-refractivity contribution in [3.05, 3.63) is 71.9 Å². The molecule has 2 aromatic carbocycles. The average molecular weight is 395 g/mol. The molecule has 7 nitrogen and oxygen atoms in total. The first-order chi connectivity index (χ1) is 13.5. The second-order valence-corrected chi connectivity index (χ2v) is 6.42. The fraction of sp³-hybridized carbons (Fsp3) is 0.0526. The summed E-state index contributed by atoms with van der Waals surface area (Å²) in [6.45, 7) is 1.88. The van der Waals surface area contributed by atoms with Crippen molar-refractivity contribution < 1.29 is 13.6 Å². The number of amides is 1. The van der Waals surface area contributed by atoms with Crippen molar-refractivity contribution in [3.63, 3.8) is 0 Å². The summed E-state index contributed by atoms with van der Waals surface area (Å²) < 4.78 is 18.1. The molecule has 0 fully saturated rings. The molecule has 2 heterocycles. The maximum atomic E-state index is 13.1. The molecular formula is C19H14FN5O2S. The lowest BCUT2D eigenvalue weighted by Crippen LogP contribution is -2.34. The van der Waals surface area contributed by atoms with E-state index in [4.69, 9.17) is 16.6 Å². The van der Waals surface area contributed by atoms with Crippen LogP contribution >= 0.6 is 12.2 Å². The molecular weight excluding hydrogens is 381 g/mol. The lowest BCUT2D eigenvalue weighted by Gasteiger charge is -2.10. The Labute approximate surface area is 164 Å². The molecule has 4 rings (SSSR count). The molecule has 0 spiro atoms. The summed E-state index contributed by atoms with van der Waals surface area (Å²) in [4.78, 5) is 13.4. The maximum Gasteiger partial charge on any atom is 0.293 e. The van der Waals surface area contributed by atoms with E-state index in [2.05, 4.69) is 20.8 Å². The standard InChI is InChI=1S/C19H14FN5O2S/c1-11-9-15-16(24-25(23-15)13-6-4-12(20)5-7-13)10-14(11)21-19(28)22-18(26)17-3-2-8-27-17/h2-10H,1H3,(H2,21,22,26,28). The molecule has 4 aromatic rings. The largest absolute Gasteiger partial charge is 0.459 e. The molecule has 0 aliphatic rings. The number of furan rings is 1. The Kier molecular flexibility index (Phi) is 4.58. The molecule has 0 atom stereocenters. The van der Waals surface area contributed by atoms with Crippen molar-refractivity contribution in [2.75, 3.05) is 5.32 Å². The van der Waals surface area contributed by atoms with Crippen LogP contribution < -0.4 is 10.6 Å². The number of hydrogen-bond acceptors (Lipinski definition) is 5. The highest BCUT2D eigenvalue weighted by Gasteiger charge is 2.13. The zero-order chi connectivity index (χ0) is 19.7. The Bertz CT molecular complexity index is 1170. The number of halogens is 1. The van der Waals surface area contributed by atoms with Crippen molar-refractivity contribution in [1.82, 2.24) is 20.3 Å². The number of aromatic nitrogens is 3. The first kappa shape index (κ1) is 17.8. The van der Waals surface area contributed by atoms with Gasteiger partial charge in [-0.1, -0.05) is 0 Å². The number of benzene rings is 2. The van der Waals surface area contributed by atoms with E-state index in [1.165, 1.54) is 23.2 Å². The molecule has 9 heteroatoms. The summed E-state index contributed by atoms with van der Waals surface area (Å²) in [5, 5.41) is 14.5. The number of fused-ring (bicyclic) bond motifs is 1. The molecule has 0 saturated carbocycles. The van der Waals surface area contributed by atoms with Gasteiger partial charge in [-0.3, -0.25) is 10.1 Å². The summed E-state index contributed by atoms with van der Waals surface area (Å²) in [6.07, 6.45) is 1.41. The van der Waals surface area contributed by atoms with E-state index in [9.17, 15) is 9.18 Å². The van der Waals surface area contributed by atoms with Gasteiger partial charge in [0.05, 0.1) is 12.0 Å². The van der Waals surface area contributed by atoms with Gasteiger partial charge in [-0.05, 0) is 73.2 Å². The number of nitrogens with one attached hydrogen (secondary N) is 2. The Morgan fingerprint density at radius 2 is 1.86 bits per heavy atom. The zero-order valence-electron chi connectivity index (χ0n) is 14.6. The summed E-state index contributed by atoms with van der Waals surface area (Å²) in [5.74, 6) is -0.602. The summed E-state index contributed by atoms with van der Waals surface area (Å²) in [6, 6.07) is 12.7. The Balaban J connectivity index is 1.56. The minimum atomic E-state index is -0.441. The van der Waals surface area contributed by atoms with Crippen LogP contribution in [0.2, 0.25) is 0 Å². The van der Waals surface area contributed by atoms with Crippen LogP contribution in [0.1, 0.15) is 16.1 Å². The van der Waals surface area contributed by atoms with Gasteiger partial charge in [-0.15, -0.1) is 10.2 Å². The first-order valence-corrected chi connectivity index (χ1v) is 8.70. The summed E-state index contributed by atoms with van der Waals surface area (Å²) in [5.41, 5.74) is 3.50. The second-order valence-electron chi connectivity index (χ2n) is 6.01. The minimum Gasteiger partial charge on any atom is -0.459 e. The molecule has 140 valence electrons. The normalized spacial score (nSPS) is 10.8. The lowest BCUT2D eigenvalue weighted by molar-refractivity contribution is 0.0950. The SMILES string of the molecule is Cc1cc2nn(-c3ccc(F)cc3)nc2cc1NC(=S)NC(=O)c1ccco1. The van der Waals surface area contributed by atoms with Gasteiger partial charge in [0.25, 0.3) is 5.91 Å². The highest BCUT2D eigenvalue weighted by Crippen LogP contribution is 2.22. The van der Waals surface area contributed by atoms with E-state index >= 15 is 0 Å². The fourth-order valence-corrected chi connectivity index (χ4v) is 2.82. The van der Waals surface area contributed by atoms with Crippen molar-refractivity contribution in [2.24, 2.45) is 0 Å². The van der Waals surface area contributed by atoms with Crippen LogP contribution in [-0.2, 0) is 0 Å². The van der Waals surface area contributed by atoms with Gasteiger partial charge < -0.3 is 9.73 Å². The highest BCUT2D eigenvalue weighted by molar-refractivity contribution is 7.80. The fourth-order valence-electron chi connectivity index (χ4n) is 2.62. The summed E-state index contributed by atoms with van der Waals surface area (Å²) in [7, 11) is 0. The van der Waals surface area contributed by atoms with E-state index in [0.29, 0.717) is 22.4 Å². The number of thiocarbonyl (C=S) groups is 1. The third kappa shape index (κ3) is 3.60.